The lowest BCUT2D eigenvalue weighted by atomic mass is 9.74. The van der Waals surface area contributed by atoms with Crippen LogP contribution >= 0.6 is 0 Å². The molecule has 0 spiro atoms. The van der Waals surface area contributed by atoms with Gasteiger partial charge in [0.15, 0.2) is 0 Å². The lowest BCUT2D eigenvalue weighted by Crippen LogP contribution is -2.21. The molecule has 1 saturated carbocycles. The molecule has 0 heterocycles. The summed E-state index contributed by atoms with van der Waals surface area (Å²) in [7, 11) is 0. The van der Waals surface area contributed by atoms with Crippen molar-refractivity contribution in [2.75, 3.05) is 0 Å². The predicted molar refractivity (Wildman–Crippen MR) is 55.0 cm³/mol. The molecule has 1 aliphatic carbocycles. The fourth-order valence-corrected chi connectivity index (χ4v) is 1.73. The Morgan fingerprint density at radius 2 is 2.38 bits per heavy atom. The molecule has 1 aliphatic rings. The third kappa shape index (κ3) is 2.45. The highest BCUT2D eigenvalue weighted by Crippen LogP contribution is 2.36. The quantitative estimate of drug-likeness (QED) is 0.600. The van der Waals surface area contributed by atoms with Gasteiger partial charge in [-0.15, -0.1) is 0 Å². The van der Waals surface area contributed by atoms with E-state index in [-0.39, 0.29) is 5.92 Å². The minimum atomic E-state index is 0.220. The van der Waals surface area contributed by atoms with Crippen LogP contribution in [0.3, 0.4) is 0 Å². The average Bonchev–Trinajstić information content (AvgIpc) is 2.08. The van der Waals surface area contributed by atoms with E-state index in [2.05, 4.69) is 18.7 Å². The van der Waals surface area contributed by atoms with Crippen LogP contribution in [0.5, 0.6) is 0 Å². The zero-order valence-electron chi connectivity index (χ0n) is 8.29. The monoisotopic (exact) mass is 175 g/mol. The Hall–Kier alpha value is -1.03. The van der Waals surface area contributed by atoms with E-state index < -0.39 is 0 Å². The molecule has 0 aliphatic heterocycles. The molecular weight excluding hydrogens is 158 g/mol. The molecular formula is C12H17N. The number of allylic oxidation sites excluding steroid dienone is 3. The van der Waals surface area contributed by atoms with Gasteiger partial charge in [0.1, 0.15) is 0 Å². The molecule has 0 amide bonds. The van der Waals surface area contributed by atoms with E-state index in [9.17, 15) is 0 Å². The van der Waals surface area contributed by atoms with Crippen LogP contribution < -0.4 is 0 Å². The first kappa shape index (κ1) is 10.1. The molecule has 0 bridgehead atoms. The Morgan fingerprint density at radius 1 is 1.69 bits per heavy atom. The Kier molecular flexibility index (Phi) is 3.76. The largest absolute Gasteiger partial charge is 0.198 e. The molecule has 0 saturated heterocycles. The maximum absolute atomic E-state index is 8.99. The summed E-state index contributed by atoms with van der Waals surface area (Å²) in [5.74, 6) is 0.873. The third-order valence-corrected chi connectivity index (χ3v) is 2.97. The van der Waals surface area contributed by atoms with Crippen molar-refractivity contribution in [1.82, 2.24) is 0 Å². The number of nitriles is 1. The lowest BCUT2D eigenvalue weighted by molar-refractivity contribution is 0.246. The maximum atomic E-state index is 8.99. The minimum absolute atomic E-state index is 0.220. The molecule has 1 fully saturated rings. The summed E-state index contributed by atoms with van der Waals surface area (Å²) in [5, 5.41) is 8.99. The van der Waals surface area contributed by atoms with Crippen LogP contribution in [0.2, 0.25) is 0 Å². The van der Waals surface area contributed by atoms with E-state index >= 15 is 0 Å². The molecule has 1 nitrogen and oxygen atoms in total. The zero-order chi connectivity index (χ0) is 9.68. The highest BCUT2D eigenvalue weighted by atomic mass is 14.4. The Labute approximate surface area is 80.8 Å². The molecule has 0 aromatic heterocycles. The third-order valence-electron chi connectivity index (χ3n) is 2.97. The Bertz CT molecular complexity index is 240. The predicted octanol–water partition coefficient (Wildman–Crippen LogP) is 3.45. The smallest absolute Gasteiger partial charge is 0.0662 e. The van der Waals surface area contributed by atoms with Crippen molar-refractivity contribution in [3.8, 4) is 6.07 Å². The molecule has 1 atom stereocenters. The van der Waals surface area contributed by atoms with Gasteiger partial charge in [-0.25, -0.2) is 0 Å². The summed E-state index contributed by atoms with van der Waals surface area (Å²) in [6.07, 6.45) is 8.60. The van der Waals surface area contributed by atoms with E-state index in [1.807, 2.05) is 13.0 Å². The van der Waals surface area contributed by atoms with Gasteiger partial charge in [-0.05, 0) is 32.1 Å². The fraction of sp³-hybridized carbons (Fsp3) is 0.583. The zero-order valence-corrected chi connectivity index (χ0v) is 8.29. The summed E-state index contributed by atoms with van der Waals surface area (Å²) in [6, 6.07) is 2.41. The van der Waals surface area contributed by atoms with Crippen molar-refractivity contribution >= 4 is 0 Å². The van der Waals surface area contributed by atoms with E-state index in [0.717, 1.165) is 6.42 Å². The lowest BCUT2D eigenvalue weighted by Gasteiger charge is -2.29. The highest BCUT2D eigenvalue weighted by Gasteiger charge is 2.27. The van der Waals surface area contributed by atoms with Gasteiger partial charge in [-0.3, -0.25) is 0 Å². The van der Waals surface area contributed by atoms with Crippen LogP contribution in [-0.2, 0) is 0 Å². The van der Waals surface area contributed by atoms with Gasteiger partial charge >= 0.3 is 0 Å². The molecule has 0 N–H and O–H groups in total. The number of hydrogen-bond donors (Lipinski definition) is 0. The number of rotatable bonds is 4. The number of nitrogens with zero attached hydrogens (tertiary/aromatic N) is 1. The van der Waals surface area contributed by atoms with Crippen molar-refractivity contribution in [1.29, 1.82) is 5.26 Å². The SMILES string of the molecule is C=C/C(=C\C)CC(C#N)C1CCC1. The van der Waals surface area contributed by atoms with Crippen LogP contribution in [0.1, 0.15) is 32.6 Å². The molecule has 1 heteroatoms. The topological polar surface area (TPSA) is 23.8 Å². The van der Waals surface area contributed by atoms with Gasteiger partial charge in [0.25, 0.3) is 0 Å². The summed E-state index contributed by atoms with van der Waals surface area (Å²) in [4.78, 5) is 0. The second-order valence-corrected chi connectivity index (χ2v) is 3.70. The van der Waals surface area contributed by atoms with Crippen molar-refractivity contribution in [3.05, 3.63) is 24.3 Å². The second kappa shape index (κ2) is 4.87. The molecule has 70 valence electrons. The second-order valence-electron chi connectivity index (χ2n) is 3.70. The average molecular weight is 175 g/mol. The highest BCUT2D eigenvalue weighted by molar-refractivity contribution is 5.17. The molecule has 0 aromatic carbocycles. The standard InChI is InChI=1S/C12H17N/c1-3-10(4-2)8-12(9-13)11-6-5-7-11/h3-4,11-12H,1,5-8H2,2H3/b10-4+. The number of hydrogen-bond acceptors (Lipinski definition) is 1. The van der Waals surface area contributed by atoms with E-state index in [4.69, 9.17) is 5.26 Å². The molecule has 1 unspecified atom stereocenters. The normalized spacial score (nSPS) is 20.2. The molecule has 0 radical (unpaired) electrons. The van der Waals surface area contributed by atoms with Gasteiger partial charge in [0, 0.05) is 0 Å². The van der Waals surface area contributed by atoms with E-state index in [0.29, 0.717) is 5.92 Å². The van der Waals surface area contributed by atoms with Crippen molar-refractivity contribution in [2.24, 2.45) is 11.8 Å². The summed E-state index contributed by atoms with van der Waals surface area (Å²) in [6.45, 7) is 5.75. The summed E-state index contributed by atoms with van der Waals surface area (Å²) in [5.41, 5.74) is 1.21. The van der Waals surface area contributed by atoms with Crippen LogP contribution in [0, 0.1) is 23.2 Å². The van der Waals surface area contributed by atoms with Crippen molar-refractivity contribution in [3.63, 3.8) is 0 Å². The van der Waals surface area contributed by atoms with Crippen molar-refractivity contribution < 1.29 is 0 Å². The molecule has 1 rings (SSSR count). The maximum Gasteiger partial charge on any atom is 0.0662 e. The van der Waals surface area contributed by atoms with Crippen LogP contribution in [0.15, 0.2) is 24.3 Å². The van der Waals surface area contributed by atoms with Gasteiger partial charge in [-0.2, -0.15) is 5.26 Å². The van der Waals surface area contributed by atoms with E-state index in [1.165, 1.54) is 24.8 Å². The first-order chi connectivity index (χ1) is 6.31. The van der Waals surface area contributed by atoms with Crippen molar-refractivity contribution in [2.45, 2.75) is 32.6 Å². The van der Waals surface area contributed by atoms with E-state index in [1.54, 1.807) is 0 Å². The van der Waals surface area contributed by atoms with Gasteiger partial charge in [0.2, 0.25) is 0 Å². The van der Waals surface area contributed by atoms with Gasteiger partial charge in [-0.1, -0.05) is 30.7 Å². The van der Waals surface area contributed by atoms with Gasteiger partial charge < -0.3 is 0 Å². The summed E-state index contributed by atoms with van der Waals surface area (Å²) < 4.78 is 0. The van der Waals surface area contributed by atoms with Gasteiger partial charge in [0.05, 0.1) is 12.0 Å². The van der Waals surface area contributed by atoms with Crippen LogP contribution in [0.4, 0.5) is 0 Å². The Balaban J connectivity index is 2.48. The molecule has 13 heavy (non-hydrogen) atoms. The molecule has 0 aromatic rings. The summed E-state index contributed by atoms with van der Waals surface area (Å²) >= 11 is 0. The Morgan fingerprint density at radius 3 is 2.69 bits per heavy atom. The first-order valence-corrected chi connectivity index (χ1v) is 4.99. The fourth-order valence-electron chi connectivity index (χ4n) is 1.73. The minimum Gasteiger partial charge on any atom is -0.198 e. The van der Waals surface area contributed by atoms with Crippen LogP contribution in [-0.4, -0.2) is 0 Å². The van der Waals surface area contributed by atoms with Crippen LogP contribution in [0.25, 0.3) is 0 Å². The first-order valence-electron chi connectivity index (χ1n) is 4.99.